The zero-order valence-electron chi connectivity index (χ0n) is 13.7. The Bertz CT molecular complexity index is 849. The minimum absolute atomic E-state index is 0.114. The molecule has 2 aromatic rings. The summed E-state index contributed by atoms with van der Waals surface area (Å²) in [5.41, 5.74) is -1.05. The first-order valence-electron chi connectivity index (χ1n) is 8.14. The second-order valence-electron chi connectivity index (χ2n) is 6.71. The smallest absolute Gasteiger partial charge is 0.329 e. The van der Waals surface area contributed by atoms with E-state index in [-0.39, 0.29) is 16.9 Å². The third-order valence-corrected chi connectivity index (χ3v) is 4.97. The highest BCUT2D eigenvalue weighted by atomic mass is 16.6. The number of nitrogens with zero attached hydrogens (tertiary/aromatic N) is 1. The number of benzene rings is 1. The molecule has 0 saturated heterocycles. The first kappa shape index (κ1) is 16.9. The van der Waals surface area contributed by atoms with Gasteiger partial charge in [-0.2, -0.15) is 0 Å². The largest absolute Gasteiger partial charge is 0.480 e. The fourth-order valence-electron chi connectivity index (χ4n) is 3.35. The number of para-hydroxylation sites is 1. The molecule has 1 saturated carbocycles. The number of carbonyl (C=O) groups excluding carboxylic acids is 1. The topological polar surface area (TPSA) is 125 Å². The van der Waals surface area contributed by atoms with E-state index in [1.807, 2.05) is 0 Å². The molecule has 1 fully saturated rings. The first-order valence-corrected chi connectivity index (χ1v) is 8.14. The molecule has 0 spiro atoms. The van der Waals surface area contributed by atoms with Crippen molar-refractivity contribution in [3.63, 3.8) is 0 Å². The zero-order chi connectivity index (χ0) is 18.2. The molecule has 8 nitrogen and oxygen atoms in total. The summed E-state index contributed by atoms with van der Waals surface area (Å²) in [5, 5.41) is 23.9. The Hall–Kier alpha value is -2.90. The highest BCUT2D eigenvalue weighted by molar-refractivity contribution is 6.02. The highest BCUT2D eigenvalue weighted by Crippen LogP contribution is 2.33. The van der Waals surface area contributed by atoms with Crippen molar-refractivity contribution < 1.29 is 19.6 Å². The zero-order valence-corrected chi connectivity index (χ0v) is 13.7. The van der Waals surface area contributed by atoms with Gasteiger partial charge in [-0.3, -0.25) is 14.9 Å². The van der Waals surface area contributed by atoms with Gasteiger partial charge in [-0.25, -0.2) is 4.79 Å². The maximum absolute atomic E-state index is 12.6. The van der Waals surface area contributed by atoms with E-state index in [1.165, 1.54) is 18.2 Å². The Morgan fingerprint density at radius 1 is 1.36 bits per heavy atom. The maximum Gasteiger partial charge on any atom is 0.329 e. The van der Waals surface area contributed by atoms with Crippen molar-refractivity contribution in [1.29, 1.82) is 0 Å². The average Bonchev–Trinajstić information content (AvgIpc) is 3.01. The van der Waals surface area contributed by atoms with E-state index in [1.54, 1.807) is 6.07 Å². The van der Waals surface area contributed by atoms with Crippen molar-refractivity contribution in [2.24, 2.45) is 5.92 Å². The number of hydrogen-bond acceptors (Lipinski definition) is 4. The van der Waals surface area contributed by atoms with Crippen LogP contribution in [0.25, 0.3) is 10.9 Å². The molecule has 0 atom stereocenters. The van der Waals surface area contributed by atoms with Crippen molar-refractivity contribution in [1.82, 2.24) is 10.3 Å². The molecule has 132 valence electrons. The van der Waals surface area contributed by atoms with Gasteiger partial charge in [0.2, 0.25) is 0 Å². The minimum Gasteiger partial charge on any atom is -0.480 e. The van der Waals surface area contributed by atoms with Gasteiger partial charge in [0.25, 0.3) is 11.6 Å². The maximum atomic E-state index is 12.6. The van der Waals surface area contributed by atoms with E-state index in [0.29, 0.717) is 24.1 Å². The predicted molar refractivity (Wildman–Crippen MR) is 90.4 cm³/mol. The molecule has 1 aromatic carbocycles. The average molecular weight is 345 g/mol. The minimum atomic E-state index is -1.28. The Kier molecular flexibility index (Phi) is 4.20. The predicted octanol–water partition coefficient (Wildman–Crippen LogP) is 2.84. The molecule has 1 aliphatic rings. The molecule has 1 aliphatic carbocycles. The summed E-state index contributed by atoms with van der Waals surface area (Å²) >= 11 is 0. The van der Waals surface area contributed by atoms with Crippen molar-refractivity contribution in [3.8, 4) is 0 Å². The molecule has 8 heteroatoms. The number of amides is 1. The normalized spacial score (nSPS) is 23.3. The van der Waals surface area contributed by atoms with Gasteiger partial charge in [-0.15, -0.1) is 0 Å². The van der Waals surface area contributed by atoms with Crippen LogP contribution in [0.2, 0.25) is 0 Å². The Labute approximate surface area is 143 Å². The standard InChI is InChI=1S/C17H19N3O5/c1-10-5-7-17(8-6-10,16(22)23)19-15(21)12-9-11-3-2-4-13(20(24)25)14(11)18-12/h2-4,9-10,18H,5-8H2,1H3,(H,19,21)(H,22,23). The van der Waals surface area contributed by atoms with Crippen LogP contribution in [0.4, 0.5) is 5.69 Å². The van der Waals surface area contributed by atoms with Crippen LogP contribution in [0.5, 0.6) is 0 Å². The lowest BCUT2D eigenvalue weighted by molar-refractivity contribution is -0.383. The molecule has 3 N–H and O–H groups in total. The number of H-pyrrole nitrogens is 1. The van der Waals surface area contributed by atoms with E-state index < -0.39 is 22.3 Å². The van der Waals surface area contributed by atoms with Gasteiger partial charge in [0.15, 0.2) is 0 Å². The van der Waals surface area contributed by atoms with Crippen LogP contribution < -0.4 is 5.32 Å². The molecule has 1 aromatic heterocycles. The van der Waals surface area contributed by atoms with Crippen LogP contribution in [0.1, 0.15) is 43.1 Å². The lowest BCUT2D eigenvalue weighted by atomic mass is 9.77. The number of hydrogen-bond donors (Lipinski definition) is 3. The second kappa shape index (κ2) is 6.19. The fraction of sp³-hybridized carbons (Fsp3) is 0.412. The molecule has 0 unspecified atom stereocenters. The number of carbonyl (C=O) groups is 2. The number of aromatic amines is 1. The lowest BCUT2D eigenvalue weighted by Crippen LogP contribution is -2.56. The molecule has 25 heavy (non-hydrogen) atoms. The quantitative estimate of drug-likeness (QED) is 0.580. The molecule has 0 radical (unpaired) electrons. The summed E-state index contributed by atoms with van der Waals surface area (Å²) in [5.74, 6) is -1.18. The molecular formula is C17H19N3O5. The molecule has 1 amide bonds. The van der Waals surface area contributed by atoms with E-state index >= 15 is 0 Å². The SMILES string of the molecule is CC1CCC(NC(=O)c2cc3cccc([N+](=O)[O-])c3[nH]2)(C(=O)O)CC1. The van der Waals surface area contributed by atoms with E-state index in [4.69, 9.17) is 0 Å². The van der Waals surface area contributed by atoms with Gasteiger partial charge >= 0.3 is 5.97 Å². The summed E-state index contributed by atoms with van der Waals surface area (Å²) in [6, 6.07) is 6.04. The number of carboxylic acid groups (broad SMARTS) is 1. The van der Waals surface area contributed by atoms with E-state index in [9.17, 15) is 24.8 Å². The number of nitro groups is 1. The van der Waals surface area contributed by atoms with Crippen LogP contribution in [0.3, 0.4) is 0 Å². The fourth-order valence-corrected chi connectivity index (χ4v) is 3.35. The number of non-ortho nitro benzene ring substituents is 1. The molecule has 0 aliphatic heterocycles. The number of fused-ring (bicyclic) bond motifs is 1. The monoisotopic (exact) mass is 345 g/mol. The summed E-state index contributed by atoms with van der Waals surface area (Å²) in [4.78, 5) is 37.6. The highest BCUT2D eigenvalue weighted by Gasteiger charge is 2.42. The van der Waals surface area contributed by atoms with E-state index in [0.717, 1.165) is 12.8 Å². The molecule has 3 rings (SSSR count). The Morgan fingerprint density at radius 3 is 2.64 bits per heavy atom. The lowest BCUT2D eigenvalue weighted by Gasteiger charge is -2.36. The third-order valence-electron chi connectivity index (χ3n) is 4.97. The van der Waals surface area contributed by atoms with Gasteiger partial charge in [-0.05, 0) is 37.7 Å². The van der Waals surface area contributed by atoms with Crippen LogP contribution in [-0.2, 0) is 4.79 Å². The summed E-state index contributed by atoms with van der Waals surface area (Å²) in [7, 11) is 0. The van der Waals surface area contributed by atoms with Gasteiger partial charge < -0.3 is 15.4 Å². The van der Waals surface area contributed by atoms with Gasteiger partial charge in [-0.1, -0.05) is 19.1 Å². The number of nitrogens with one attached hydrogen (secondary N) is 2. The summed E-state index contributed by atoms with van der Waals surface area (Å²) < 4.78 is 0. The van der Waals surface area contributed by atoms with Crippen molar-refractivity contribution >= 4 is 28.5 Å². The number of aromatic nitrogens is 1. The van der Waals surface area contributed by atoms with Crippen LogP contribution in [-0.4, -0.2) is 32.4 Å². The Morgan fingerprint density at radius 2 is 2.04 bits per heavy atom. The van der Waals surface area contributed by atoms with Crippen LogP contribution >= 0.6 is 0 Å². The second-order valence-corrected chi connectivity index (χ2v) is 6.71. The van der Waals surface area contributed by atoms with Gasteiger partial charge in [0.1, 0.15) is 16.7 Å². The number of carboxylic acids is 1. The van der Waals surface area contributed by atoms with Crippen LogP contribution in [0, 0.1) is 16.0 Å². The molecule has 0 bridgehead atoms. The third kappa shape index (κ3) is 3.07. The number of aliphatic carboxylic acids is 1. The van der Waals surface area contributed by atoms with Crippen molar-refractivity contribution in [2.45, 2.75) is 38.1 Å². The Balaban J connectivity index is 1.90. The number of rotatable bonds is 4. The summed E-state index contributed by atoms with van der Waals surface area (Å²) in [6.07, 6.45) is 2.20. The molecular weight excluding hydrogens is 326 g/mol. The summed E-state index contributed by atoms with van der Waals surface area (Å²) in [6.45, 7) is 2.06. The van der Waals surface area contributed by atoms with Crippen molar-refractivity contribution in [3.05, 3.63) is 40.1 Å². The first-order chi connectivity index (χ1) is 11.8. The number of nitro benzene ring substituents is 1. The molecule has 1 heterocycles. The van der Waals surface area contributed by atoms with Crippen LogP contribution in [0.15, 0.2) is 24.3 Å². The van der Waals surface area contributed by atoms with Gasteiger partial charge in [0, 0.05) is 11.5 Å². The van der Waals surface area contributed by atoms with Crippen molar-refractivity contribution in [2.75, 3.05) is 0 Å². The van der Waals surface area contributed by atoms with Gasteiger partial charge in [0.05, 0.1) is 4.92 Å². The van der Waals surface area contributed by atoms with E-state index in [2.05, 4.69) is 17.2 Å².